The number of hydrogen-bond acceptors (Lipinski definition) is 0. The van der Waals surface area contributed by atoms with Crippen LogP contribution in [0.25, 0.3) is 0 Å². The van der Waals surface area contributed by atoms with E-state index in [-0.39, 0.29) is 0 Å². The summed E-state index contributed by atoms with van der Waals surface area (Å²) < 4.78 is 1.30. The van der Waals surface area contributed by atoms with Crippen molar-refractivity contribution in [1.82, 2.24) is 0 Å². The van der Waals surface area contributed by atoms with Gasteiger partial charge in [-0.05, 0) is 52.3 Å². The van der Waals surface area contributed by atoms with Gasteiger partial charge in [0.2, 0.25) is 0 Å². The van der Waals surface area contributed by atoms with Crippen LogP contribution in [0.5, 0.6) is 0 Å². The fraction of sp³-hybridized carbons (Fsp3) is 0.0769. The molecule has 0 heterocycles. The van der Waals surface area contributed by atoms with E-state index in [9.17, 15) is 0 Å². The second-order valence-corrected chi connectivity index (χ2v) is 4.54. The van der Waals surface area contributed by atoms with Crippen LogP contribution in [-0.2, 0) is 6.42 Å². The lowest BCUT2D eigenvalue weighted by Crippen LogP contribution is -1.87. The fourth-order valence-corrected chi connectivity index (χ4v) is 2.09. The predicted octanol–water partition coefficient (Wildman–Crippen LogP) is 3.88. The minimum Gasteiger partial charge on any atom is -0.0622 e. The lowest BCUT2D eigenvalue weighted by molar-refractivity contribution is 1.19. The summed E-state index contributed by atoms with van der Waals surface area (Å²) in [5.74, 6) is 0. The van der Waals surface area contributed by atoms with Crippen molar-refractivity contribution in [3.63, 3.8) is 0 Å². The topological polar surface area (TPSA) is 0 Å². The largest absolute Gasteiger partial charge is 0.0622 e. The average molecular weight is 294 g/mol. The molecule has 0 aromatic heterocycles. The van der Waals surface area contributed by atoms with Crippen molar-refractivity contribution in [2.45, 2.75) is 6.42 Å². The Bertz CT molecular complexity index is 407. The van der Waals surface area contributed by atoms with Crippen molar-refractivity contribution >= 4 is 22.6 Å². The van der Waals surface area contributed by atoms with Crippen molar-refractivity contribution in [1.29, 1.82) is 0 Å². The van der Waals surface area contributed by atoms with E-state index >= 15 is 0 Å². The van der Waals surface area contributed by atoms with Gasteiger partial charge in [0.1, 0.15) is 0 Å². The molecule has 0 atom stereocenters. The first-order valence-electron chi connectivity index (χ1n) is 4.63. The molecular formula is C13H11I. The van der Waals surface area contributed by atoms with Gasteiger partial charge in [-0.1, -0.05) is 42.5 Å². The quantitative estimate of drug-likeness (QED) is 0.737. The van der Waals surface area contributed by atoms with Gasteiger partial charge >= 0.3 is 0 Å². The molecule has 2 aromatic carbocycles. The maximum atomic E-state index is 2.35. The second kappa shape index (κ2) is 4.60. The van der Waals surface area contributed by atoms with E-state index in [0.29, 0.717) is 0 Å². The minimum absolute atomic E-state index is 1.03. The molecule has 70 valence electrons. The molecule has 0 radical (unpaired) electrons. The van der Waals surface area contributed by atoms with Crippen molar-refractivity contribution in [3.05, 3.63) is 69.3 Å². The fourth-order valence-electron chi connectivity index (χ4n) is 1.48. The average Bonchev–Trinajstić information content (AvgIpc) is 2.19. The Morgan fingerprint density at radius 1 is 0.786 bits per heavy atom. The van der Waals surface area contributed by atoms with Gasteiger partial charge in [0.05, 0.1) is 0 Å². The zero-order chi connectivity index (χ0) is 9.80. The Balaban J connectivity index is 2.19. The smallest absolute Gasteiger partial charge is 0.0133 e. The van der Waals surface area contributed by atoms with Crippen LogP contribution in [0.1, 0.15) is 11.1 Å². The maximum absolute atomic E-state index is 2.35. The van der Waals surface area contributed by atoms with Gasteiger partial charge in [-0.15, -0.1) is 0 Å². The van der Waals surface area contributed by atoms with E-state index < -0.39 is 0 Å². The normalized spacial score (nSPS) is 10.1. The van der Waals surface area contributed by atoms with Crippen LogP contribution in [-0.4, -0.2) is 0 Å². The maximum Gasteiger partial charge on any atom is 0.0133 e. The summed E-state index contributed by atoms with van der Waals surface area (Å²) in [4.78, 5) is 0. The molecule has 0 aliphatic rings. The predicted molar refractivity (Wildman–Crippen MR) is 68.4 cm³/mol. The Morgan fingerprint density at radius 2 is 1.50 bits per heavy atom. The van der Waals surface area contributed by atoms with E-state index in [1.807, 2.05) is 0 Å². The molecule has 0 aliphatic heterocycles. The van der Waals surface area contributed by atoms with Crippen LogP contribution < -0.4 is 0 Å². The summed E-state index contributed by atoms with van der Waals surface area (Å²) in [6.45, 7) is 0. The number of hydrogen-bond donors (Lipinski definition) is 0. The van der Waals surface area contributed by atoms with Crippen molar-refractivity contribution in [2.24, 2.45) is 0 Å². The lowest BCUT2D eigenvalue weighted by atomic mass is 10.1. The molecule has 0 bridgehead atoms. The first-order valence-corrected chi connectivity index (χ1v) is 5.71. The first-order chi connectivity index (χ1) is 6.84. The van der Waals surface area contributed by atoms with Gasteiger partial charge in [-0.25, -0.2) is 0 Å². The summed E-state index contributed by atoms with van der Waals surface area (Å²) in [6, 6.07) is 19.2. The third kappa shape index (κ3) is 2.58. The molecule has 0 spiro atoms. The summed E-state index contributed by atoms with van der Waals surface area (Å²) in [5.41, 5.74) is 2.75. The highest BCUT2D eigenvalue weighted by Gasteiger charge is 1.95. The molecule has 0 saturated heterocycles. The van der Waals surface area contributed by atoms with Gasteiger partial charge in [0, 0.05) is 3.57 Å². The van der Waals surface area contributed by atoms with Crippen LogP contribution >= 0.6 is 22.6 Å². The van der Waals surface area contributed by atoms with Gasteiger partial charge in [-0.3, -0.25) is 0 Å². The van der Waals surface area contributed by atoms with Crippen LogP contribution in [0.2, 0.25) is 0 Å². The lowest BCUT2D eigenvalue weighted by Gasteiger charge is -2.01. The molecule has 2 rings (SSSR count). The van der Waals surface area contributed by atoms with Gasteiger partial charge in [0.25, 0.3) is 0 Å². The second-order valence-electron chi connectivity index (χ2n) is 3.29. The Hall–Kier alpha value is -0.830. The molecule has 2 aromatic rings. The molecule has 14 heavy (non-hydrogen) atoms. The monoisotopic (exact) mass is 294 g/mol. The first kappa shape index (κ1) is 9.71. The summed E-state index contributed by atoms with van der Waals surface area (Å²) in [5, 5.41) is 0. The van der Waals surface area contributed by atoms with Gasteiger partial charge < -0.3 is 0 Å². The van der Waals surface area contributed by atoms with Crippen molar-refractivity contribution in [3.8, 4) is 0 Å². The molecule has 0 saturated carbocycles. The van der Waals surface area contributed by atoms with Crippen LogP contribution in [0.15, 0.2) is 54.6 Å². The molecule has 1 heteroatoms. The van der Waals surface area contributed by atoms with E-state index in [2.05, 4.69) is 77.2 Å². The molecular weight excluding hydrogens is 283 g/mol. The van der Waals surface area contributed by atoms with Crippen molar-refractivity contribution in [2.75, 3.05) is 0 Å². The van der Waals surface area contributed by atoms with E-state index in [4.69, 9.17) is 0 Å². The zero-order valence-electron chi connectivity index (χ0n) is 7.78. The highest BCUT2D eigenvalue weighted by atomic mass is 127. The summed E-state index contributed by atoms with van der Waals surface area (Å²) >= 11 is 2.35. The minimum atomic E-state index is 1.03. The van der Waals surface area contributed by atoms with E-state index in [1.165, 1.54) is 14.7 Å². The number of halogens is 1. The molecule has 0 N–H and O–H groups in total. The number of benzene rings is 2. The number of rotatable bonds is 2. The Labute approximate surface area is 98.1 Å². The highest BCUT2D eigenvalue weighted by Crippen LogP contribution is 2.12. The van der Waals surface area contributed by atoms with E-state index in [1.54, 1.807) is 0 Å². The van der Waals surface area contributed by atoms with E-state index in [0.717, 1.165) is 6.42 Å². The molecule has 0 fully saturated rings. The molecule has 0 amide bonds. The third-order valence-corrected chi connectivity index (χ3v) is 2.81. The third-order valence-electron chi connectivity index (χ3n) is 2.14. The van der Waals surface area contributed by atoms with Crippen LogP contribution in [0, 0.1) is 3.57 Å². The van der Waals surface area contributed by atoms with Crippen molar-refractivity contribution < 1.29 is 0 Å². The Morgan fingerprint density at radius 3 is 2.21 bits per heavy atom. The van der Waals surface area contributed by atoms with Crippen LogP contribution in [0.4, 0.5) is 0 Å². The van der Waals surface area contributed by atoms with Crippen LogP contribution in [0.3, 0.4) is 0 Å². The van der Waals surface area contributed by atoms with Gasteiger partial charge in [0.15, 0.2) is 0 Å². The SMILES string of the molecule is Ic1cccc(Cc2ccccc2)c1. The zero-order valence-corrected chi connectivity index (χ0v) is 9.94. The standard InChI is InChI=1S/C13H11I/c14-13-8-4-7-12(10-13)9-11-5-2-1-3-6-11/h1-8,10H,9H2. The summed E-state index contributed by atoms with van der Waals surface area (Å²) in [7, 11) is 0. The highest BCUT2D eigenvalue weighted by molar-refractivity contribution is 14.1. The molecule has 0 aliphatic carbocycles. The molecule has 0 unspecified atom stereocenters. The molecule has 0 nitrogen and oxygen atoms in total. The van der Waals surface area contributed by atoms with Gasteiger partial charge in [-0.2, -0.15) is 0 Å². The Kier molecular flexibility index (Phi) is 3.19. The summed E-state index contributed by atoms with van der Waals surface area (Å²) in [6.07, 6.45) is 1.03.